The largest absolute Gasteiger partial charge is 0.393 e. The fourth-order valence-corrected chi connectivity index (χ4v) is 8.22. The highest BCUT2D eigenvalue weighted by atomic mass is 16.3. The third kappa shape index (κ3) is 3.56. The minimum absolute atomic E-state index is 0.0969. The smallest absolute Gasteiger partial charge is 0.159 e. The first-order valence-electron chi connectivity index (χ1n) is 12.6. The van der Waals surface area contributed by atoms with Crippen molar-refractivity contribution in [1.29, 1.82) is 0 Å². The van der Waals surface area contributed by atoms with Crippen molar-refractivity contribution in [1.82, 2.24) is 0 Å². The van der Waals surface area contributed by atoms with Gasteiger partial charge in [-0.3, -0.25) is 4.79 Å². The number of ketones is 1. The van der Waals surface area contributed by atoms with Crippen molar-refractivity contribution in [3.63, 3.8) is 0 Å². The fourth-order valence-electron chi connectivity index (χ4n) is 8.22. The monoisotopic (exact) mass is 400 g/mol. The van der Waals surface area contributed by atoms with Gasteiger partial charge in [-0.2, -0.15) is 0 Å². The molecule has 0 aromatic carbocycles. The molecule has 2 heteroatoms. The maximum absolute atomic E-state index is 13.4. The van der Waals surface area contributed by atoms with E-state index in [1.54, 1.807) is 5.57 Å². The predicted octanol–water partition coefficient (Wildman–Crippen LogP) is 6.71. The van der Waals surface area contributed by atoms with Gasteiger partial charge in [0, 0.05) is 12.0 Å². The van der Waals surface area contributed by atoms with Crippen LogP contribution in [0, 0.1) is 40.4 Å². The summed E-state index contributed by atoms with van der Waals surface area (Å²) in [5, 5.41) is 10.2. The first-order chi connectivity index (χ1) is 13.7. The lowest BCUT2D eigenvalue weighted by molar-refractivity contribution is -0.115. The van der Waals surface area contributed by atoms with Crippen LogP contribution in [0.4, 0.5) is 0 Å². The van der Waals surface area contributed by atoms with Crippen LogP contribution >= 0.6 is 0 Å². The van der Waals surface area contributed by atoms with Crippen molar-refractivity contribution in [2.24, 2.45) is 40.4 Å². The molecule has 0 amide bonds. The molecule has 4 rings (SSSR count). The van der Waals surface area contributed by atoms with E-state index in [0.717, 1.165) is 38.0 Å². The SMILES string of the molecule is CC(C)CCC[C@@H](C)[C@H]1CC(=O)C2=C3CC[C@H]4C[C@@H](O)CC[C@]4(C)[C@H]3CC[C@@]21C. The molecule has 0 saturated heterocycles. The van der Waals surface area contributed by atoms with Crippen LogP contribution in [-0.4, -0.2) is 17.0 Å². The zero-order valence-electron chi connectivity index (χ0n) is 19.6. The maximum atomic E-state index is 13.4. The quantitative estimate of drug-likeness (QED) is 0.556. The van der Waals surface area contributed by atoms with E-state index in [1.807, 2.05) is 0 Å². The van der Waals surface area contributed by atoms with Crippen molar-refractivity contribution in [3.8, 4) is 0 Å². The normalized spacial score (nSPS) is 43.2. The number of aliphatic hydroxyl groups is 1. The molecule has 0 bridgehead atoms. The lowest BCUT2D eigenvalue weighted by Crippen LogP contribution is -2.48. The van der Waals surface area contributed by atoms with Gasteiger partial charge in [0.05, 0.1) is 6.10 Å². The summed E-state index contributed by atoms with van der Waals surface area (Å²) < 4.78 is 0. The Balaban J connectivity index is 1.59. The summed E-state index contributed by atoms with van der Waals surface area (Å²) in [4.78, 5) is 13.4. The van der Waals surface area contributed by atoms with Gasteiger partial charge in [0.1, 0.15) is 0 Å². The van der Waals surface area contributed by atoms with Gasteiger partial charge in [0.15, 0.2) is 5.78 Å². The van der Waals surface area contributed by atoms with Crippen molar-refractivity contribution in [3.05, 3.63) is 11.1 Å². The number of fused-ring (bicyclic) bond motifs is 4. The Morgan fingerprint density at radius 2 is 1.83 bits per heavy atom. The topological polar surface area (TPSA) is 37.3 Å². The van der Waals surface area contributed by atoms with Crippen molar-refractivity contribution < 1.29 is 9.90 Å². The average molecular weight is 401 g/mol. The summed E-state index contributed by atoms with van der Waals surface area (Å²) >= 11 is 0. The molecule has 0 aromatic rings. The minimum Gasteiger partial charge on any atom is -0.393 e. The number of hydrogen-bond acceptors (Lipinski definition) is 2. The third-order valence-corrected chi connectivity index (χ3v) is 9.96. The molecule has 4 aliphatic rings. The van der Waals surface area contributed by atoms with E-state index < -0.39 is 0 Å². The van der Waals surface area contributed by atoms with Gasteiger partial charge in [-0.15, -0.1) is 0 Å². The summed E-state index contributed by atoms with van der Waals surface area (Å²) in [6.07, 6.45) is 12.4. The number of aliphatic hydroxyl groups excluding tert-OH is 1. The van der Waals surface area contributed by atoms with E-state index in [1.165, 1.54) is 44.1 Å². The lowest BCUT2D eigenvalue weighted by Gasteiger charge is -2.56. The van der Waals surface area contributed by atoms with E-state index in [4.69, 9.17) is 0 Å². The molecule has 0 aliphatic heterocycles. The highest BCUT2D eigenvalue weighted by Gasteiger charge is 2.57. The molecular weight excluding hydrogens is 356 g/mol. The summed E-state index contributed by atoms with van der Waals surface area (Å²) in [6, 6.07) is 0. The van der Waals surface area contributed by atoms with Crippen LogP contribution in [0.1, 0.15) is 105 Å². The Morgan fingerprint density at radius 1 is 1.07 bits per heavy atom. The number of carbonyl (C=O) groups is 1. The summed E-state index contributed by atoms with van der Waals surface area (Å²) in [6.45, 7) is 12.0. The zero-order chi connectivity index (χ0) is 21.0. The van der Waals surface area contributed by atoms with Crippen LogP contribution in [0.25, 0.3) is 0 Å². The highest BCUT2D eigenvalue weighted by Crippen LogP contribution is 2.65. The second-order valence-corrected chi connectivity index (χ2v) is 12.1. The van der Waals surface area contributed by atoms with Gasteiger partial charge in [0.2, 0.25) is 0 Å². The van der Waals surface area contributed by atoms with E-state index in [0.29, 0.717) is 34.9 Å². The second-order valence-electron chi connectivity index (χ2n) is 12.1. The van der Waals surface area contributed by atoms with E-state index in [9.17, 15) is 9.90 Å². The van der Waals surface area contributed by atoms with Crippen molar-refractivity contribution in [2.45, 2.75) is 111 Å². The standard InChI is InChI=1S/C27H44O2/c1-17(2)7-6-8-18(3)23-16-24(29)25-21-10-9-19-15-20(28)11-13-26(19,4)22(21)12-14-27(23,25)5/h17-20,22-23,28H,6-16H2,1-5H3/t18-,19+,20+,22+,23-,26+,27-/m1/s1. The molecule has 2 nitrogen and oxygen atoms in total. The molecule has 0 heterocycles. The van der Waals surface area contributed by atoms with Crippen molar-refractivity contribution >= 4 is 5.78 Å². The Labute approximate surface area is 178 Å². The molecule has 7 atom stereocenters. The predicted molar refractivity (Wildman–Crippen MR) is 120 cm³/mol. The Kier molecular flexibility index (Phi) is 5.82. The van der Waals surface area contributed by atoms with Crippen LogP contribution in [0.3, 0.4) is 0 Å². The molecule has 29 heavy (non-hydrogen) atoms. The summed E-state index contributed by atoms with van der Waals surface area (Å²) in [7, 11) is 0. The Bertz CT molecular complexity index is 676. The highest BCUT2D eigenvalue weighted by molar-refractivity contribution is 6.00. The number of Topliss-reactive ketones (excluding diaryl/α,β-unsaturated/α-hetero) is 1. The molecule has 4 aliphatic carbocycles. The van der Waals surface area contributed by atoms with Gasteiger partial charge in [0.25, 0.3) is 0 Å². The van der Waals surface area contributed by atoms with Crippen LogP contribution in [-0.2, 0) is 4.79 Å². The van der Waals surface area contributed by atoms with Gasteiger partial charge < -0.3 is 5.11 Å². The summed E-state index contributed by atoms with van der Waals surface area (Å²) in [5.74, 6) is 3.70. The van der Waals surface area contributed by atoms with E-state index >= 15 is 0 Å². The number of allylic oxidation sites excluding steroid dienone is 2. The molecular formula is C27H44O2. The Hall–Kier alpha value is -0.630. The van der Waals surface area contributed by atoms with Crippen LogP contribution in [0.5, 0.6) is 0 Å². The number of rotatable bonds is 5. The van der Waals surface area contributed by atoms with E-state index in [2.05, 4.69) is 34.6 Å². The summed E-state index contributed by atoms with van der Waals surface area (Å²) in [5.41, 5.74) is 3.29. The lowest BCUT2D eigenvalue weighted by atomic mass is 9.48. The van der Waals surface area contributed by atoms with Gasteiger partial charge >= 0.3 is 0 Å². The second kappa shape index (κ2) is 7.81. The maximum Gasteiger partial charge on any atom is 0.159 e. The molecule has 0 radical (unpaired) electrons. The fraction of sp³-hybridized carbons (Fsp3) is 0.889. The molecule has 0 aromatic heterocycles. The average Bonchev–Trinajstić information content (AvgIpc) is 2.93. The van der Waals surface area contributed by atoms with Gasteiger partial charge in [-0.1, -0.05) is 59.5 Å². The number of carbonyl (C=O) groups excluding carboxylic acids is 1. The van der Waals surface area contributed by atoms with Gasteiger partial charge in [-0.25, -0.2) is 0 Å². The third-order valence-electron chi connectivity index (χ3n) is 9.96. The molecule has 3 saturated carbocycles. The molecule has 0 unspecified atom stereocenters. The Morgan fingerprint density at radius 3 is 2.55 bits per heavy atom. The minimum atomic E-state index is -0.0969. The van der Waals surface area contributed by atoms with Crippen LogP contribution < -0.4 is 0 Å². The molecule has 164 valence electrons. The van der Waals surface area contributed by atoms with E-state index in [-0.39, 0.29) is 11.5 Å². The molecule has 0 spiro atoms. The molecule has 3 fully saturated rings. The van der Waals surface area contributed by atoms with Gasteiger partial charge in [-0.05, 0) is 85.4 Å². The van der Waals surface area contributed by atoms with Crippen LogP contribution in [0.15, 0.2) is 11.1 Å². The first kappa shape index (κ1) is 21.6. The zero-order valence-corrected chi connectivity index (χ0v) is 19.6. The first-order valence-corrected chi connectivity index (χ1v) is 12.6. The van der Waals surface area contributed by atoms with Crippen molar-refractivity contribution in [2.75, 3.05) is 0 Å². The number of hydrogen-bond donors (Lipinski definition) is 1. The van der Waals surface area contributed by atoms with Crippen LogP contribution in [0.2, 0.25) is 0 Å². The molecule has 1 N–H and O–H groups in total.